The number of aromatic nitrogens is 1. The van der Waals surface area contributed by atoms with Crippen LogP contribution in [0.2, 0.25) is 0 Å². The molecule has 1 heterocycles. The van der Waals surface area contributed by atoms with E-state index in [1.54, 1.807) is 6.20 Å². The van der Waals surface area contributed by atoms with E-state index in [9.17, 15) is 4.79 Å². The number of hydrogen-bond acceptors (Lipinski definition) is 5. The zero-order chi connectivity index (χ0) is 19.2. The van der Waals surface area contributed by atoms with Crippen molar-refractivity contribution in [2.75, 3.05) is 18.5 Å². The average molecular weight is 387 g/mol. The molecule has 0 amide bonds. The van der Waals surface area contributed by atoms with Crippen LogP contribution in [0.4, 0.5) is 11.4 Å². The number of pyridine rings is 1. The number of hydrogen-bond donors (Lipinski definition) is 2. The summed E-state index contributed by atoms with van der Waals surface area (Å²) in [7, 11) is 0. The molecule has 0 aliphatic rings. The summed E-state index contributed by atoms with van der Waals surface area (Å²) in [4.78, 5) is 17.2. The summed E-state index contributed by atoms with van der Waals surface area (Å²) in [5.74, 6) is 0.647. The largest absolute Gasteiger partial charge is 0.489 e. The van der Waals surface area contributed by atoms with Crippen molar-refractivity contribution in [3.8, 4) is 5.75 Å². The number of nitrogens with one attached hydrogen (secondary N) is 1. The molecule has 0 spiro atoms. The van der Waals surface area contributed by atoms with Crippen LogP contribution in [0.25, 0.3) is 10.9 Å². The number of para-hydroxylation sites is 2. The summed E-state index contributed by atoms with van der Waals surface area (Å²) in [6.45, 7) is 4.13. The van der Waals surface area contributed by atoms with Crippen molar-refractivity contribution >= 4 is 57.6 Å². The maximum absolute atomic E-state index is 12.7. The quantitative estimate of drug-likeness (QED) is 0.446. The number of fused-ring (bicyclic) bond motifs is 1. The molecule has 28 heavy (non-hydrogen) atoms. The van der Waals surface area contributed by atoms with E-state index in [-0.39, 0.29) is 48.6 Å². The molecule has 0 fully saturated rings. The van der Waals surface area contributed by atoms with Gasteiger partial charge in [-0.2, -0.15) is 0 Å². The number of aliphatic hydroxyl groups excluding tert-OH is 1. The Morgan fingerprint density at radius 1 is 1.18 bits per heavy atom. The zero-order valence-corrected chi connectivity index (χ0v) is 18.7. The summed E-state index contributed by atoms with van der Waals surface area (Å²) >= 11 is 0. The van der Waals surface area contributed by atoms with E-state index in [0.29, 0.717) is 23.3 Å². The molecule has 3 aromatic rings. The van der Waals surface area contributed by atoms with Gasteiger partial charge in [0.2, 0.25) is 0 Å². The van der Waals surface area contributed by atoms with Crippen LogP contribution in [-0.2, 0) is 0 Å². The van der Waals surface area contributed by atoms with E-state index in [2.05, 4.69) is 10.3 Å². The minimum Gasteiger partial charge on any atom is -0.489 e. The molecular formula is C22H24N2NaO3. The molecule has 1 aromatic heterocycles. The van der Waals surface area contributed by atoms with Gasteiger partial charge in [0.05, 0.1) is 17.9 Å². The third kappa shape index (κ3) is 4.92. The molecule has 0 aliphatic heterocycles. The minimum atomic E-state index is -0.0717. The molecule has 3 rings (SSSR count). The number of rotatable bonds is 8. The number of nitrogens with zero attached hydrogens (tertiary/aromatic N) is 1. The Bertz CT molecular complexity index is 960. The monoisotopic (exact) mass is 387 g/mol. The Morgan fingerprint density at radius 3 is 2.68 bits per heavy atom. The van der Waals surface area contributed by atoms with Crippen molar-refractivity contribution in [1.82, 2.24) is 4.98 Å². The van der Waals surface area contributed by atoms with Gasteiger partial charge in [0.1, 0.15) is 17.9 Å². The van der Waals surface area contributed by atoms with Gasteiger partial charge in [0, 0.05) is 53.2 Å². The zero-order valence-electron chi connectivity index (χ0n) is 16.7. The third-order valence-corrected chi connectivity index (χ3v) is 4.39. The van der Waals surface area contributed by atoms with Crippen LogP contribution in [0.1, 0.15) is 35.7 Å². The van der Waals surface area contributed by atoms with Gasteiger partial charge < -0.3 is 15.2 Å². The van der Waals surface area contributed by atoms with E-state index in [1.165, 1.54) is 0 Å². The topological polar surface area (TPSA) is 71.5 Å². The predicted octanol–water partition coefficient (Wildman–Crippen LogP) is 4.26. The van der Waals surface area contributed by atoms with Crippen molar-refractivity contribution in [2.24, 2.45) is 0 Å². The van der Waals surface area contributed by atoms with E-state index >= 15 is 0 Å². The summed E-state index contributed by atoms with van der Waals surface area (Å²) in [6, 6.07) is 13.6. The molecule has 0 aliphatic carbocycles. The molecule has 2 aromatic carbocycles. The summed E-state index contributed by atoms with van der Waals surface area (Å²) < 4.78 is 5.62. The third-order valence-electron chi connectivity index (χ3n) is 4.39. The normalized spacial score (nSPS) is 10.4. The Hall–Kier alpha value is -1.92. The number of ketones is 1. The minimum absolute atomic E-state index is 0. The summed E-state index contributed by atoms with van der Waals surface area (Å²) in [5.41, 5.74) is 4.01. The molecule has 0 saturated heterocycles. The van der Waals surface area contributed by atoms with Gasteiger partial charge in [-0.25, -0.2) is 0 Å². The fraction of sp³-hybridized carbons (Fsp3) is 0.273. The molecule has 5 nitrogen and oxygen atoms in total. The van der Waals surface area contributed by atoms with Crippen LogP contribution in [0.3, 0.4) is 0 Å². The first-order valence-electron chi connectivity index (χ1n) is 9.17. The van der Waals surface area contributed by atoms with Gasteiger partial charge in [0.15, 0.2) is 5.78 Å². The molecule has 0 bridgehead atoms. The molecule has 1 radical (unpaired) electrons. The number of ether oxygens (including phenoxy) is 1. The maximum atomic E-state index is 12.7. The van der Waals surface area contributed by atoms with Gasteiger partial charge >= 0.3 is 0 Å². The molecule has 0 atom stereocenters. The van der Waals surface area contributed by atoms with Crippen molar-refractivity contribution in [2.45, 2.75) is 26.7 Å². The van der Waals surface area contributed by atoms with Crippen LogP contribution < -0.4 is 10.1 Å². The number of carbonyl (C=O) groups is 1. The molecule has 0 unspecified atom stereocenters. The van der Waals surface area contributed by atoms with Crippen LogP contribution >= 0.6 is 0 Å². The van der Waals surface area contributed by atoms with Crippen LogP contribution in [0, 0.1) is 6.92 Å². The van der Waals surface area contributed by atoms with Crippen molar-refractivity contribution in [3.05, 3.63) is 59.8 Å². The molecular weight excluding hydrogens is 363 g/mol. The molecule has 141 valence electrons. The van der Waals surface area contributed by atoms with Crippen molar-refractivity contribution < 1.29 is 14.6 Å². The predicted molar refractivity (Wildman–Crippen MR) is 114 cm³/mol. The number of Topliss-reactive ketones (excluding diaryl/α,β-unsaturated/α-hetero) is 1. The van der Waals surface area contributed by atoms with Gasteiger partial charge in [0.25, 0.3) is 0 Å². The smallest absolute Gasteiger partial charge is 0.166 e. The van der Waals surface area contributed by atoms with Gasteiger partial charge in [-0.15, -0.1) is 0 Å². The number of aryl methyl sites for hydroxylation is 1. The molecule has 2 N–H and O–H groups in total. The average Bonchev–Trinajstić information content (AvgIpc) is 2.68. The van der Waals surface area contributed by atoms with Crippen LogP contribution in [-0.4, -0.2) is 58.6 Å². The number of anilines is 2. The fourth-order valence-corrected chi connectivity index (χ4v) is 3.02. The van der Waals surface area contributed by atoms with Crippen LogP contribution in [0.15, 0.2) is 48.7 Å². The van der Waals surface area contributed by atoms with Crippen molar-refractivity contribution in [3.63, 3.8) is 0 Å². The van der Waals surface area contributed by atoms with Gasteiger partial charge in [-0.3, -0.25) is 9.78 Å². The number of carbonyl (C=O) groups excluding carboxylic acids is 1. The van der Waals surface area contributed by atoms with E-state index in [0.717, 1.165) is 28.7 Å². The Kier molecular flexibility index (Phi) is 8.45. The van der Waals surface area contributed by atoms with E-state index in [1.807, 2.05) is 56.3 Å². The second-order valence-electron chi connectivity index (χ2n) is 6.38. The first-order valence-corrected chi connectivity index (χ1v) is 9.17. The number of benzene rings is 2. The van der Waals surface area contributed by atoms with Gasteiger partial charge in [-0.1, -0.05) is 37.3 Å². The Balaban J connectivity index is 0.00000280. The second-order valence-corrected chi connectivity index (χ2v) is 6.38. The fourth-order valence-electron chi connectivity index (χ4n) is 3.02. The first-order chi connectivity index (χ1) is 13.2. The summed E-state index contributed by atoms with van der Waals surface area (Å²) in [6.07, 6.45) is 2.86. The van der Waals surface area contributed by atoms with Gasteiger partial charge in [-0.05, 0) is 31.0 Å². The number of aliphatic hydroxyl groups is 1. The standard InChI is InChI=1S/C22H24N2O3.Na/c1-3-7-19(26)17-14-23-22-16(9-6-11-20(22)27-13-12-25)21(17)24-18-10-5-4-8-15(18)2;/h4-6,8-11,14,25H,3,7,12-13H2,1-2H3,(H,23,24);. The molecule has 0 saturated carbocycles. The SMILES string of the molecule is CCCC(=O)c1cnc2c(OCCO)cccc2c1Nc1ccccc1C.[Na]. The molecule has 6 heteroatoms. The first kappa shape index (κ1) is 22.4. The van der Waals surface area contributed by atoms with Crippen LogP contribution in [0.5, 0.6) is 5.75 Å². The second kappa shape index (κ2) is 10.6. The Morgan fingerprint density at radius 2 is 1.96 bits per heavy atom. The Labute approximate surface area is 187 Å². The van der Waals surface area contributed by atoms with E-state index in [4.69, 9.17) is 9.84 Å². The van der Waals surface area contributed by atoms with Crippen molar-refractivity contribution in [1.29, 1.82) is 0 Å². The summed E-state index contributed by atoms with van der Waals surface area (Å²) in [5, 5.41) is 13.3. The maximum Gasteiger partial charge on any atom is 0.166 e. The van der Waals surface area contributed by atoms with E-state index < -0.39 is 0 Å².